The van der Waals surface area contributed by atoms with Crippen molar-refractivity contribution < 1.29 is 12.8 Å². The fourth-order valence-electron chi connectivity index (χ4n) is 1.68. The van der Waals surface area contributed by atoms with Crippen molar-refractivity contribution in [1.29, 1.82) is 0 Å². The van der Waals surface area contributed by atoms with Gasteiger partial charge in [0.25, 0.3) is 0 Å². The van der Waals surface area contributed by atoms with Crippen molar-refractivity contribution in [2.45, 2.75) is 26.4 Å². The number of aromatic nitrogens is 1. The molecule has 0 fully saturated rings. The lowest BCUT2D eigenvalue weighted by Gasteiger charge is -2.13. The summed E-state index contributed by atoms with van der Waals surface area (Å²) in [5.74, 6) is 0.682. The number of nitrogens with zero attached hydrogens (tertiary/aromatic N) is 1. The van der Waals surface area contributed by atoms with Crippen molar-refractivity contribution in [1.82, 2.24) is 15.0 Å². The van der Waals surface area contributed by atoms with Crippen molar-refractivity contribution in [2.24, 2.45) is 0 Å². The Morgan fingerprint density at radius 1 is 1.35 bits per heavy atom. The molecule has 2 rings (SSSR count). The molecule has 0 spiro atoms. The third kappa shape index (κ3) is 4.03. The number of nitrogens with one attached hydrogen (secondary N) is 2. The Balaban J connectivity index is 1.85. The summed E-state index contributed by atoms with van der Waals surface area (Å²) >= 11 is 0. The molecular weight excluding hydrogens is 278 g/mol. The van der Waals surface area contributed by atoms with Gasteiger partial charge in [0, 0.05) is 12.6 Å². The molecule has 2 aromatic rings. The molecule has 0 saturated carbocycles. The molecule has 0 saturated heterocycles. The number of sulfonamides is 1. The fourth-order valence-corrected chi connectivity index (χ4v) is 2.39. The first-order valence-electron chi connectivity index (χ1n) is 6.55. The third-order valence-electron chi connectivity index (χ3n) is 2.93. The molecule has 0 radical (unpaired) electrons. The van der Waals surface area contributed by atoms with Gasteiger partial charge in [-0.1, -0.05) is 12.1 Å². The Kier molecular flexibility index (Phi) is 4.74. The van der Waals surface area contributed by atoms with E-state index in [4.69, 9.17) is 4.42 Å². The van der Waals surface area contributed by atoms with Crippen molar-refractivity contribution in [3.05, 3.63) is 30.2 Å². The van der Waals surface area contributed by atoms with Gasteiger partial charge in [-0.3, -0.25) is 0 Å². The summed E-state index contributed by atoms with van der Waals surface area (Å²) in [5, 5.41) is 3.17. The smallest absolute Gasteiger partial charge is 0.211 e. The van der Waals surface area contributed by atoms with Gasteiger partial charge in [0.1, 0.15) is 5.52 Å². The molecule has 0 unspecified atom stereocenters. The lowest BCUT2D eigenvalue weighted by Crippen LogP contribution is -2.39. The number of hydrogen-bond acceptors (Lipinski definition) is 5. The van der Waals surface area contributed by atoms with Gasteiger partial charge >= 0.3 is 0 Å². The Morgan fingerprint density at radius 3 is 2.80 bits per heavy atom. The zero-order chi connectivity index (χ0) is 14.6. The molecule has 1 heterocycles. The SMILES string of the molecule is CCS(=O)(=O)NC[C@H](C)NCc1nc2ccccc2o1. The number of rotatable bonds is 7. The van der Waals surface area contributed by atoms with Gasteiger partial charge in [0.15, 0.2) is 5.58 Å². The molecule has 0 aliphatic carbocycles. The van der Waals surface area contributed by atoms with Crippen LogP contribution >= 0.6 is 0 Å². The Morgan fingerprint density at radius 2 is 2.10 bits per heavy atom. The van der Waals surface area contributed by atoms with Crippen LogP contribution in [-0.4, -0.2) is 31.7 Å². The van der Waals surface area contributed by atoms with Crippen molar-refractivity contribution >= 4 is 21.1 Å². The average Bonchev–Trinajstić information content (AvgIpc) is 2.86. The zero-order valence-corrected chi connectivity index (χ0v) is 12.4. The third-order valence-corrected chi connectivity index (χ3v) is 4.30. The van der Waals surface area contributed by atoms with E-state index in [1.807, 2.05) is 31.2 Å². The highest BCUT2D eigenvalue weighted by atomic mass is 32.2. The van der Waals surface area contributed by atoms with Crippen LogP contribution in [0.1, 0.15) is 19.7 Å². The normalized spacial score (nSPS) is 13.7. The van der Waals surface area contributed by atoms with E-state index in [9.17, 15) is 8.42 Å². The summed E-state index contributed by atoms with van der Waals surface area (Å²) in [6.45, 7) is 4.32. The number of hydrogen-bond donors (Lipinski definition) is 2. The highest BCUT2D eigenvalue weighted by Gasteiger charge is 2.10. The summed E-state index contributed by atoms with van der Waals surface area (Å²) in [7, 11) is -3.15. The second-order valence-electron chi connectivity index (χ2n) is 4.61. The van der Waals surface area contributed by atoms with Crippen LogP contribution in [0, 0.1) is 0 Å². The van der Waals surface area contributed by atoms with E-state index in [-0.39, 0.29) is 11.8 Å². The van der Waals surface area contributed by atoms with Crippen LogP contribution in [0.15, 0.2) is 28.7 Å². The van der Waals surface area contributed by atoms with Crippen molar-refractivity contribution in [3.8, 4) is 0 Å². The van der Waals surface area contributed by atoms with E-state index < -0.39 is 10.0 Å². The van der Waals surface area contributed by atoms with Crippen LogP contribution < -0.4 is 10.0 Å². The van der Waals surface area contributed by atoms with E-state index in [0.717, 1.165) is 11.1 Å². The summed E-state index contributed by atoms with van der Waals surface area (Å²) in [6.07, 6.45) is 0. The Hall–Kier alpha value is -1.44. The summed E-state index contributed by atoms with van der Waals surface area (Å²) in [5.41, 5.74) is 1.58. The topological polar surface area (TPSA) is 84.2 Å². The number of benzene rings is 1. The van der Waals surface area contributed by atoms with Crippen LogP contribution in [0.5, 0.6) is 0 Å². The molecule has 20 heavy (non-hydrogen) atoms. The number of para-hydroxylation sites is 2. The first-order chi connectivity index (χ1) is 9.50. The first kappa shape index (κ1) is 15.0. The van der Waals surface area contributed by atoms with Gasteiger partial charge < -0.3 is 9.73 Å². The fraction of sp³-hybridized carbons (Fsp3) is 0.462. The van der Waals surface area contributed by atoms with E-state index in [1.54, 1.807) is 6.92 Å². The van der Waals surface area contributed by atoms with E-state index >= 15 is 0 Å². The molecule has 2 N–H and O–H groups in total. The van der Waals surface area contributed by atoms with Gasteiger partial charge in [-0.05, 0) is 26.0 Å². The van der Waals surface area contributed by atoms with Crippen LogP contribution in [0.25, 0.3) is 11.1 Å². The predicted octanol–water partition coefficient (Wildman–Crippen LogP) is 1.25. The van der Waals surface area contributed by atoms with Crippen LogP contribution in [0.2, 0.25) is 0 Å². The quantitative estimate of drug-likeness (QED) is 0.803. The maximum atomic E-state index is 11.3. The monoisotopic (exact) mass is 297 g/mol. The van der Waals surface area contributed by atoms with Crippen LogP contribution in [0.3, 0.4) is 0 Å². The average molecular weight is 297 g/mol. The van der Waals surface area contributed by atoms with Crippen molar-refractivity contribution in [2.75, 3.05) is 12.3 Å². The predicted molar refractivity (Wildman–Crippen MR) is 77.8 cm³/mol. The minimum absolute atomic E-state index is 0.00802. The molecule has 1 atom stereocenters. The molecule has 0 bridgehead atoms. The molecule has 7 heteroatoms. The second-order valence-corrected chi connectivity index (χ2v) is 6.70. The van der Waals surface area contributed by atoms with Crippen LogP contribution in [-0.2, 0) is 16.6 Å². The highest BCUT2D eigenvalue weighted by Crippen LogP contribution is 2.14. The second kappa shape index (κ2) is 6.34. The molecule has 110 valence electrons. The molecule has 0 aliphatic rings. The molecule has 0 amide bonds. The lowest BCUT2D eigenvalue weighted by molar-refractivity contribution is 0.456. The van der Waals surface area contributed by atoms with Crippen molar-refractivity contribution in [3.63, 3.8) is 0 Å². The Labute approximate surface area is 118 Å². The van der Waals surface area contributed by atoms with Gasteiger partial charge in [-0.15, -0.1) is 0 Å². The van der Waals surface area contributed by atoms with Crippen LogP contribution in [0.4, 0.5) is 0 Å². The van der Waals surface area contributed by atoms with Gasteiger partial charge in [-0.25, -0.2) is 18.1 Å². The molecular formula is C13H19N3O3S. The zero-order valence-electron chi connectivity index (χ0n) is 11.6. The highest BCUT2D eigenvalue weighted by molar-refractivity contribution is 7.89. The first-order valence-corrected chi connectivity index (χ1v) is 8.20. The molecule has 1 aromatic carbocycles. The van der Waals surface area contributed by atoms with Gasteiger partial charge in [0.05, 0.1) is 12.3 Å². The maximum absolute atomic E-state index is 11.3. The van der Waals surface area contributed by atoms with E-state index in [1.165, 1.54) is 0 Å². The molecule has 1 aromatic heterocycles. The molecule has 6 nitrogen and oxygen atoms in total. The van der Waals surface area contributed by atoms with Gasteiger partial charge in [0.2, 0.25) is 15.9 Å². The summed E-state index contributed by atoms with van der Waals surface area (Å²) in [6, 6.07) is 7.55. The maximum Gasteiger partial charge on any atom is 0.211 e. The number of fused-ring (bicyclic) bond motifs is 1. The lowest BCUT2D eigenvalue weighted by atomic mass is 10.3. The number of oxazole rings is 1. The summed E-state index contributed by atoms with van der Waals surface area (Å²) < 4.78 is 30.8. The Bertz CT molecular complexity index is 633. The van der Waals surface area contributed by atoms with E-state index in [0.29, 0.717) is 19.0 Å². The van der Waals surface area contributed by atoms with E-state index in [2.05, 4.69) is 15.0 Å². The van der Waals surface area contributed by atoms with Gasteiger partial charge in [-0.2, -0.15) is 0 Å². The minimum Gasteiger partial charge on any atom is -0.439 e. The standard InChI is InChI=1S/C13H19N3O3S/c1-3-20(17,18)15-8-10(2)14-9-13-16-11-6-4-5-7-12(11)19-13/h4-7,10,14-15H,3,8-9H2,1-2H3/t10-/m0/s1. The summed E-state index contributed by atoms with van der Waals surface area (Å²) in [4.78, 5) is 4.34. The minimum atomic E-state index is -3.15. The largest absolute Gasteiger partial charge is 0.439 e. The molecule has 0 aliphatic heterocycles.